The molecule has 1 aliphatic carbocycles. The Labute approximate surface area is 169 Å². The first kappa shape index (κ1) is 23.0. The van der Waals surface area contributed by atoms with E-state index in [1.54, 1.807) is 7.05 Å². The van der Waals surface area contributed by atoms with Gasteiger partial charge < -0.3 is 15.4 Å². The Morgan fingerprint density at radius 3 is 2.52 bits per heavy atom. The Kier molecular flexibility index (Phi) is 11.3. The van der Waals surface area contributed by atoms with Crippen molar-refractivity contribution in [3.05, 3.63) is 0 Å². The van der Waals surface area contributed by atoms with Gasteiger partial charge in [0.15, 0.2) is 15.8 Å². The van der Waals surface area contributed by atoms with Crippen LogP contribution in [0.4, 0.5) is 0 Å². The maximum Gasteiger partial charge on any atom is 0.191 e. The molecule has 148 valence electrons. The van der Waals surface area contributed by atoms with Gasteiger partial charge in [0, 0.05) is 26.2 Å². The zero-order valence-corrected chi connectivity index (χ0v) is 18.5. The van der Waals surface area contributed by atoms with Crippen LogP contribution in [-0.2, 0) is 14.6 Å². The summed E-state index contributed by atoms with van der Waals surface area (Å²) in [4.78, 5) is 4.17. The SMILES string of the molecule is CN=C(NCCCCCOC1CCCCC1)NC1CCS(=O)(=O)C1.I. The highest BCUT2D eigenvalue weighted by molar-refractivity contribution is 14.0. The number of nitrogens with zero attached hydrogens (tertiary/aromatic N) is 1. The number of halogens is 1. The quantitative estimate of drug-likeness (QED) is 0.238. The van der Waals surface area contributed by atoms with Gasteiger partial charge in [-0.3, -0.25) is 4.99 Å². The third-order valence-corrected chi connectivity index (χ3v) is 6.58. The molecule has 0 spiro atoms. The molecule has 1 aliphatic heterocycles. The van der Waals surface area contributed by atoms with E-state index in [-0.39, 0.29) is 41.5 Å². The zero-order valence-electron chi connectivity index (χ0n) is 15.3. The molecule has 2 rings (SSSR count). The van der Waals surface area contributed by atoms with Crippen molar-refractivity contribution in [2.75, 3.05) is 31.7 Å². The lowest BCUT2D eigenvalue weighted by Crippen LogP contribution is -2.44. The lowest BCUT2D eigenvalue weighted by molar-refractivity contribution is 0.0264. The topological polar surface area (TPSA) is 79.8 Å². The van der Waals surface area contributed by atoms with Gasteiger partial charge in [0.25, 0.3) is 0 Å². The normalized spacial score (nSPS) is 23.9. The molecule has 6 nitrogen and oxygen atoms in total. The number of unbranched alkanes of at least 4 members (excludes halogenated alkanes) is 2. The number of hydrogen-bond donors (Lipinski definition) is 2. The second-order valence-corrected chi connectivity index (χ2v) is 9.16. The highest BCUT2D eigenvalue weighted by Crippen LogP contribution is 2.20. The van der Waals surface area contributed by atoms with Crippen LogP contribution in [0.3, 0.4) is 0 Å². The van der Waals surface area contributed by atoms with Crippen LogP contribution in [-0.4, -0.2) is 58.2 Å². The average molecular weight is 487 g/mol. The van der Waals surface area contributed by atoms with Crippen molar-refractivity contribution in [2.45, 2.75) is 69.9 Å². The summed E-state index contributed by atoms with van der Waals surface area (Å²) in [6.45, 7) is 1.72. The number of rotatable bonds is 8. The van der Waals surface area contributed by atoms with Crippen molar-refractivity contribution in [2.24, 2.45) is 4.99 Å². The lowest BCUT2D eigenvalue weighted by atomic mass is 9.98. The van der Waals surface area contributed by atoms with E-state index in [0.29, 0.717) is 18.5 Å². The van der Waals surface area contributed by atoms with Gasteiger partial charge in [0.05, 0.1) is 17.6 Å². The van der Waals surface area contributed by atoms with Crippen LogP contribution in [0.2, 0.25) is 0 Å². The summed E-state index contributed by atoms with van der Waals surface area (Å²) >= 11 is 0. The van der Waals surface area contributed by atoms with E-state index in [4.69, 9.17) is 4.74 Å². The number of ether oxygens (including phenoxy) is 1. The van der Waals surface area contributed by atoms with Gasteiger partial charge in [0.2, 0.25) is 0 Å². The number of nitrogens with one attached hydrogen (secondary N) is 2. The summed E-state index contributed by atoms with van der Waals surface area (Å²) in [7, 11) is -1.13. The zero-order chi connectivity index (χ0) is 17.3. The van der Waals surface area contributed by atoms with E-state index >= 15 is 0 Å². The minimum Gasteiger partial charge on any atom is -0.378 e. The van der Waals surface area contributed by atoms with Gasteiger partial charge >= 0.3 is 0 Å². The first-order valence-electron chi connectivity index (χ1n) is 9.38. The standard InChI is InChI=1S/C17H33N3O3S.HI/c1-18-17(20-15-10-13-24(21,22)14-15)19-11-6-3-7-12-23-16-8-4-2-5-9-16;/h15-16H,2-14H2,1H3,(H2,18,19,20);1H. The summed E-state index contributed by atoms with van der Waals surface area (Å²) in [6.07, 6.45) is 11.0. The predicted molar refractivity (Wildman–Crippen MR) is 114 cm³/mol. The molecule has 0 aromatic heterocycles. The van der Waals surface area contributed by atoms with Gasteiger partial charge in [-0.1, -0.05) is 19.3 Å². The molecule has 1 saturated carbocycles. The fourth-order valence-electron chi connectivity index (χ4n) is 3.39. The highest BCUT2D eigenvalue weighted by atomic mass is 127. The molecule has 1 unspecified atom stereocenters. The van der Waals surface area contributed by atoms with E-state index < -0.39 is 9.84 Å². The van der Waals surface area contributed by atoms with Crippen molar-refractivity contribution in [1.29, 1.82) is 0 Å². The van der Waals surface area contributed by atoms with Gasteiger partial charge in [-0.05, 0) is 38.5 Å². The molecular weight excluding hydrogens is 453 g/mol. The van der Waals surface area contributed by atoms with Crippen LogP contribution >= 0.6 is 24.0 Å². The minimum atomic E-state index is -2.85. The van der Waals surface area contributed by atoms with Crippen molar-refractivity contribution >= 4 is 39.8 Å². The van der Waals surface area contributed by atoms with E-state index in [9.17, 15) is 8.42 Å². The van der Waals surface area contributed by atoms with Gasteiger partial charge in [-0.15, -0.1) is 24.0 Å². The van der Waals surface area contributed by atoms with E-state index in [2.05, 4.69) is 15.6 Å². The minimum absolute atomic E-state index is 0. The summed E-state index contributed by atoms with van der Waals surface area (Å²) in [5.74, 6) is 1.20. The largest absolute Gasteiger partial charge is 0.378 e. The first-order chi connectivity index (χ1) is 11.6. The van der Waals surface area contributed by atoms with Crippen LogP contribution in [0.5, 0.6) is 0 Å². The fraction of sp³-hybridized carbons (Fsp3) is 0.941. The molecular formula is C17H34IN3O3S. The molecule has 2 aliphatic rings. The fourth-order valence-corrected chi connectivity index (χ4v) is 5.06. The van der Waals surface area contributed by atoms with Crippen LogP contribution in [0.1, 0.15) is 57.8 Å². The molecule has 0 bridgehead atoms. The maximum absolute atomic E-state index is 11.5. The third-order valence-electron chi connectivity index (χ3n) is 4.82. The van der Waals surface area contributed by atoms with Crippen LogP contribution in [0.15, 0.2) is 4.99 Å². The lowest BCUT2D eigenvalue weighted by Gasteiger charge is -2.21. The van der Waals surface area contributed by atoms with Crippen molar-refractivity contribution in [3.8, 4) is 0 Å². The monoisotopic (exact) mass is 487 g/mol. The average Bonchev–Trinajstić information content (AvgIpc) is 2.92. The summed E-state index contributed by atoms with van der Waals surface area (Å²) in [5.41, 5.74) is 0. The van der Waals surface area contributed by atoms with Crippen LogP contribution in [0.25, 0.3) is 0 Å². The number of hydrogen-bond acceptors (Lipinski definition) is 4. The summed E-state index contributed by atoms with van der Waals surface area (Å²) < 4.78 is 28.9. The highest BCUT2D eigenvalue weighted by Gasteiger charge is 2.28. The smallest absolute Gasteiger partial charge is 0.191 e. The van der Waals surface area contributed by atoms with Crippen molar-refractivity contribution in [3.63, 3.8) is 0 Å². The molecule has 25 heavy (non-hydrogen) atoms. The molecule has 8 heteroatoms. The first-order valence-corrected chi connectivity index (χ1v) is 11.2. The number of sulfone groups is 1. The molecule has 0 radical (unpaired) electrons. The molecule has 1 saturated heterocycles. The molecule has 1 atom stereocenters. The van der Waals surface area contributed by atoms with E-state index in [1.165, 1.54) is 32.1 Å². The van der Waals surface area contributed by atoms with E-state index in [1.807, 2.05) is 0 Å². The molecule has 2 N–H and O–H groups in total. The number of guanidine groups is 1. The third kappa shape index (κ3) is 9.42. The Hall–Kier alpha value is -0.0900. The molecule has 0 aromatic carbocycles. The van der Waals surface area contributed by atoms with Gasteiger partial charge in [0.1, 0.15) is 0 Å². The Morgan fingerprint density at radius 2 is 1.88 bits per heavy atom. The van der Waals surface area contributed by atoms with Crippen LogP contribution in [0, 0.1) is 0 Å². The summed E-state index contributed by atoms with van der Waals surface area (Å²) in [5, 5.41) is 6.47. The second-order valence-electron chi connectivity index (χ2n) is 6.93. The molecule has 0 aromatic rings. The molecule has 0 amide bonds. The predicted octanol–water partition coefficient (Wildman–Crippen LogP) is 2.48. The van der Waals surface area contributed by atoms with Gasteiger partial charge in [-0.2, -0.15) is 0 Å². The maximum atomic E-state index is 11.5. The number of aliphatic imine (C=N–C) groups is 1. The van der Waals surface area contributed by atoms with Crippen molar-refractivity contribution < 1.29 is 13.2 Å². The molecule has 1 heterocycles. The van der Waals surface area contributed by atoms with E-state index in [0.717, 1.165) is 32.4 Å². The van der Waals surface area contributed by atoms with Gasteiger partial charge in [-0.25, -0.2) is 8.42 Å². The second kappa shape index (κ2) is 12.3. The Balaban J connectivity index is 0.00000312. The Morgan fingerprint density at radius 1 is 1.12 bits per heavy atom. The molecule has 2 fully saturated rings. The summed E-state index contributed by atoms with van der Waals surface area (Å²) in [6, 6.07) is -0.00917. The van der Waals surface area contributed by atoms with Crippen LogP contribution < -0.4 is 10.6 Å². The Bertz CT molecular complexity index is 493. The van der Waals surface area contributed by atoms with Crippen molar-refractivity contribution in [1.82, 2.24) is 10.6 Å².